The van der Waals surface area contributed by atoms with Gasteiger partial charge in [0.1, 0.15) is 17.3 Å². The lowest BCUT2D eigenvalue weighted by Crippen LogP contribution is -2.29. The molecule has 0 unspecified atom stereocenters. The number of benzene rings is 1. The van der Waals surface area contributed by atoms with Crippen LogP contribution in [0.25, 0.3) is 5.52 Å². The Morgan fingerprint density at radius 1 is 1.19 bits per heavy atom. The van der Waals surface area contributed by atoms with Crippen LogP contribution in [0.1, 0.15) is 47.7 Å². The fourth-order valence-electron chi connectivity index (χ4n) is 4.16. The van der Waals surface area contributed by atoms with E-state index < -0.39 is 0 Å². The molecule has 3 aromatic rings. The van der Waals surface area contributed by atoms with Gasteiger partial charge in [-0.05, 0) is 43.2 Å². The van der Waals surface area contributed by atoms with Gasteiger partial charge in [0.2, 0.25) is 5.91 Å². The van der Waals surface area contributed by atoms with E-state index in [0.717, 1.165) is 18.4 Å². The molecule has 0 aliphatic carbocycles. The first-order valence-electron chi connectivity index (χ1n) is 10.3. The van der Waals surface area contributed by atoms with Gasteiger partial charge in [-0.1, -0.05) is 6.07 Å². The van der Waals surface area contributed by atoms with Crippen molar-refractivity contribution in [2.45, 2.75) is 32.4 Å². The van der Waals surface area contributed by atoms with Crippen molar-refractivity contribution < 1.29 is 19.1 Å². The lowest BCUT2D eigenvalue weighted by molar-refractivity contribution is -0.129. The van der Waals surface area contributed by atoms with Crippen molar-refractivity contribution in [1.29, 1.82) is 0 Å². The number of carbonyl (C=O) groups is 2. The van der Waals surface area contributed by atoms with E-state index in [1.807, 2.05) is 45.8 Å². The maximum Gasteiger partial charge on any atom is 0.272 e. The molecular weight excluding hydrogens is 396 g/mol. The van der Waals surface area contributed by atoms with E-state index in [-0.39, 0.29) is 24.4 Å². The summed E-state index contributed by atoms with van der Waals surface area (Å²) in [4.78, 5) is 31.7. The summed E-state index contributed by atoms with van der Waals surface area (Å²) in [5, 5.41) is 2.94. The van der Waals surface area contributed by atoms with E-state index in [9.17, 15) is 9.59 Å². The van der Waals surface area contributed by atoms with E-state index in [2.05, 4.69) is 5.32 Å². The summed E-state index contributed by atoms with van der Waals surface area (Å²) in [6, 6.07) is 11.0. The van der Waals surface area contributed by atoms with Gasteiger partial charge in [0, 0.05) is 31.8 Å². The van der Waals surface area contributed by atoms with Crippen molar-refractivity contribution in [1.82, 2.24) is 19.6 Å². The molecule has 0 radical (unpaired) electrons. The minimum absolute atomic E-state index is 0.0197. The first-order chi connectivity index (χ1) is 15.0. The van der Waals surface area contributed by atoms with E-state index >= 15 is 0 Å². The molecule has 0 spiro atoms. The predicted molar refractivity (Wildman–Crippen MR) is 115 cm³/mol. The second-order valence-electron chi connectivity index (χ2n) is 7.51. The fourth-order valence-corrected chi connectivity index (χ4v) is 4.16. The highest BCUT2D eigenvalue weighted by atomic mass is 16.5. The summed E-state index contributed by atoms with van der Waals surface area (Å²) in [5.41, 5.74) is 1.85. The van der Waals surface area contributed by atoms with E-state index in [1.165, 1.54) is 0 Å². The van der Waals surface area contributed by atoms with E-state index in [0.29, 0.717) is 35.1 Å². The minimum atomic E-state index is -0.285. The molecule has 1 aliphatic rings. The molecule has 4 rings (SSSR count). The maximum absolute atomic E-state index is 13.1. The molecule has 3 heterocycles. The lowest BCUT2D eigenvalue weighted by Gasteiger charge is -2.22. The average molecular weight is 422 g/mol. The largest absolute Gasteiger partial charge is 0.497 e. The molecule has 0 bridgehead atoms. The predicted octanol–water partition coefficient (Wildman–Crippen LogP) is 2.96. The van der Waals surface area contributed by atoms with Crippen molar-refractivity contribution in [3.05, 3.63) is 59.7 Å². The molecule has 8 heteroatoms. The molecule has 2 aromatic heterocycles. The van der Waals surface area contributed by atoms with Crippen molar-refractivity contribution in [2.24, 2.45) is 0 Å². The highest BCUT2D eigenvalue weighted by molar-refractivity contribution is 5.99. The Bertz CT molecular complexity index is 1120. The van der Waals surface area contributed by atoms with E-state index in [1.54, 1.807) is 27.2 Å². The average Bonchev–Trinajstić information content (AvgIpc) is 3.42. The van der Waals surface area contributed by atoms with Crippen LogP contribution >= 0.6 is 0 Å². The van der Waals surface area contributed by atoms with Gasteiger partial charge in [0.05, 0.1) is 25.8 Å². The molecular formula is C23H26N4O4. The number of pyridine rings is 1. The summed E-state index contributed by atoms with van der Waals surface area (Å²) in [6.07, 6.45) is 3.63. The van der Waals surface area contributed by atoms with Gasteiger partial charge in [0.15, 0.2) is 5.69 Å². The van der Waals surface area contributed by atoms with Crippen LogP contribution in [0.5, 0.6) is 11.5 Å². The topological polar surface area (TPSA) is 85.2 Å². The van der Waals surface area contributed by atoms with Crippen LogP contribution in [-0.2, 0) is 11.3 Å². The van der Waals surface area contributed by atoms with Crippen LogP contribution in [-0.4, -0.2) is 46.9 Å². The zero-order chi connectivity index (χ0) is 22.0. The first-order valence-corrected chi connectivity index (χ1v) is 10.3. The highest BCUT2D eigenvalue weighted by Gasteiger charge is 2.32. The van der Waals surface area contributed by atoms with Gasteiger partial charge in [-0.25, -0.2) is 4.98 Å². The zero-order valence-corrected chi connectivity index (χ0v) is 17.9. The summed E-state index contributed by atoms with van der Waals surface area (Å²) in [5.74, 6) is 1.80. The third-order valence-electron chi connectivity index (χ3n) is 5.67. The first kappa shape index (κ1) is 20.7. The number of imidazole rings is 1. The van der Waals surface area contributed by atoms with Gasteiger partial charge in [-0.15, -0.1) is 0 Å². The molecule has 1 N–H and O–H groups in total. The van der Waals surface area contributed by atoms with Gasteiger partial charge in [-0.2, -0.15) is 0 Å². The Kier molecular flexibility index (Phi) is 5.79. The van der Waals surface area contributed by atoms with Gasteiger partial charge in [0.25, 0.3) is 5.91 Å². The van der Waals surface area contributed by atoms with Gasteiger partial charge >= 0.3 is 0 Å². The Labute approximate surface area is 180 Å². The highest BCUT2D eigenvalue weighted by Crippen LogP contribution is 2.32. The smallest absolute Gasteiger partial charge is 0.272 e. The van der Waals surface area contributed by atoms with Gasteiger partial charge < -0.3 is 24.1 Å². The molecule has 1 aromatic carbocycles. The Morgan fingerprint density at radius 2 is 2.03 bits per heavy atom. The van der Waals surface area contributed by atoms with Crippen LogP contribution in [0, 0.1) is 0 Å². The van der Waals surface area contributed by atoms with Crippen LogP contribution in [0.2, 0.25) is 0 Å². The number of aromatic nitrogens is 2. The van der Waals surface area contributed by atoms with Crippen LogP contribution in [0.4, 0.5) is 0 Å². The molecule has 1 fully saturated rings. The molecule has 1 saturated heterocycles. The number of fused-ring (bicyclic) bond motifs is 1. The summed E-state index contributed by atoms with van der Waals surface area (Å²) >= 11 is 0. The SMILES string of the molecule is COc1ccc(OC)c(CNC(=O)c2nc([C@@H]3CCCN3C(C)=O)n3ccccc23)c1. The number of likely N-dealkylation sites (tertiary alicyclic amines) is 1. The number of carbonyl (C=O) groups excluding carboxylic acids is 2. The number of hydrogen-bond donors (Lipinski definition) is 1. The molecule has 1 aliphatic heterocycles. The quantitative estimate of drug-likeness (QED) is 0.660. The summed E-state index contributed by atoms with van der Waals surface area (Å²) < 4.78 is 12.6. The van der Waals surface area contributed by atoms with Crippen molar-refractivity contribution in [2.75, 3.05) is 20.8 Å². The minimum Gasteiger partial charge on any atom is -0.497 e. The fraction of sp³-hybridized carbons (Fsp3) is 0.348. The number of rotatable bonds is 6. The molecule has 31 heavy (non-hydrogen) atoms. The summed E-state index contributed by atoms with van der Waals surface area (Å²) in [6.45, 7) is 2.55. The molecule has 2 amide bonds. The number of nitrogens with one attached hydrogen (secondary N) is 1. The number of hydrogen-bond acceptors (Lipinski definition) is 5. The third kappa shape index (κ3) is 3.93. The molecule has 1 atom stereocenters. The second kappa shape index (κ2) is 8.67. The van der Waals surface area contributed by atoms with Crippen LogP contribution in [0.15, 0.2) is 42.6 Å². The molecule has 8 nitrogen and oxygen atoms in total. The summed E-state index contributed by atoms with van der Waals surface area (Å²) in [7, 11) is 3.18. The molecule has 162 valence electrons. The maximum atomic E-state index is 13.1. The van der Waals surface area contributed by atoms with Crippen LogP contribution in [0.3, 0.4) is 0 Å². The second-order valence-corrected chi connectivity index (χ2v) is 7.51. The standard InChI is InChI=1S/C23H26N4O4/c1-15(28)26-12-6-8-19(26)22-25-21(18-7-4-5-11-27(18)22)23(29)24-14-16-13-17(30-2)9-10-20(16)31-3/h4-5,7,9-11,13,19H,6,8,12,14H2,1-3H3,(H,24,29)/t19-/m0/s1. The lowest BCUT2D eigenvalue weighted by atomic mass is 10.2. The Morgan fingerprint density at radius 3 is 2.77 bits per heavy atom. The van der Waals surface area contributed by atoms with Crippen molar-refractivity contribution >= 4 is 17.3 Å². The van der Waals surface area contributed by atoms with Crippen molar-refractivity contribution in [3.8, 4) is 11.5 Å². The van der Waals surface area contributed by atoms with E-state index in [4.69, 9.17) is 14.5 Å². The van der Waals surface area contributed by atoms with Crippen molar-refractivity contribution in [3.63, 3.8) is 0 Å². The van der Waals surface area contributed by atoms with Gasteiger partial charge in [-0.3, -0.25) is 9.59 Å². The number of amides is 2. The number of methoxy groups -OCH3 is 2. The number of ether oxygens (including phenoxy) is 2. The zero-order valence-electron chi connectivity index (χ0n) is 17.9. The monoisotopic (exact) mass is 422 g/mol. The Balaban J connectivity index is 1.63. The van der Waals surface area contributed by atoms with Crippen LogP contribution < -0.4 is 14.8 Å². The normalized spacial score (nSPS) is 15.8. The molecule has 0 saturated carbocycles. The Hall–Kier alpha value is -3.55. The number of nitrogens with zero attached hydrogens (tertiary/aromatic N) is 3. The third-order valence-corrected chi connectivity index (χ3v) is 5.67.